The fourth-order valence-corrected chi connectivity index (χ4v) is 5.35. The zero-order valence-electron chi connectivity index (χ0n) is 23.9. The highest BCUT2D eigenvalue weighted by Crippen LogP contribution is 2.38. The Kier molecular flexibility index (Phi) is 11.3. The fourth-order valence-electron chi connectivity index (χ4n) is 3.78. The van der Waals surface area contributed by atoms with Crippen molar-refractivity contribution in [2.24, 2.45) is 5.73 Å². The van der Waals surface area contributed by atoms with Gasteiger partial charge in [0, 0.05) is 5.41 Å². The number of hydrogen-bond acceptors (Lipinski definition) is 9. The van der Waals surface area contributed by atoms with Crippen molar-refractivity contribution in [3.63, 3.8) is 0 Å². The molecule has 1 aliphatic rings. The first-order valence-corrected chi connectivity index (χ1v) is 14.1. The predicted octanol–water partition coefficient (Wildman–Crippen LogP) is 4.72. The largest absolute Gasteiger partial charge is 0.497 e. The number of halogens is 8. The Hall–Kier alpha value is -3.48. The number of amides is 1. The highest BCUT2D eigenvalue weighted by atomic mass is 35.5. The first-order chi connectivity index (χ1) is 20.1. The van der Waals surface area contributed by atoms with Crippen molar-refractivity contribution in [1.82, 2.24) is 10.2 Å². The van der Waals surface area contributed by atoms with Gasteiger partial charge in [-0.3, -0.25) is 4.79 Å². The average molecular weight is 693 g/mol. The minimum absolute atomic E-state index is 0. The molecular weight excluding hydrogens is 665 g/mol. The molecule has 0 fully saturated rings. The van der Waals surface area contributed by atoms with Crippen LogP contribution < -0.4 is 15.4 Å². The van der Waals surface area contributed by atoms with Crippen LogP contribution in [-0.2, 0) is 26.6 Å². The number of carbonyl (C=O) groups excluding carboxylic acids is 1. The van der Waals surface area contributed by atoms with Crippen LogP contribution in [0.2, 0.25) is 0 Å². The lowest BCUT2D eigenvalue weighted by Gasteiger charge is -2.24. The maximum atomic E-state index is 15.1. The minimum Gasteiger partial charge on any atom is -0.497 e. The van der Waals surface area contributed by atoms with Crippen LogP contribution in [0.15, 0.2) is 45.7 Å². The number of aliphatic hydroxyl groups is 1. The van der Waals surface area contributed by atoms with Crippen LogP contribution in [0.4, 0.5) is 36.4 Å². The maximum Gasteiger partial charge on any atom is 0.423 e. The Labute approximate surface area is 258 Å². The van der Waals surface area contributed by atoms with E-state index in [0.717, 1.165) is 6.07 Å². The molecule has 2 heterocycles. The van der Waals surface area contributed by atoms with Crippen molar-refractivity contribution in [3.05, 3.63) is 53.7 Å². The molecule has 0 saturated heterocycles. The molecule has 0 spiro atoms. The van der Waals surface area contributed by atoms with Gasteiger partial charge in [-0.05, 0) is 29.8 Å². The summed E-state index contributed by atoms with van der Waals surface area (Å²) in [6, 6.07) is 7.76. The Bertz CT molecular complexity index is 1590. The van der Waals surface area contributed by atoms with Gasteiger partial charge >= 0.3 is 12.4 Å². The van der Waals surface area contributed by atoms with E-state index in [9.17, 15) is 39.6 Å². The van der Waals surface area contributed by atoms with Crippen LogP contribution >= 0.6 is 12.4 Å². The van der Waals surface area contributed by atoms with Gasteiger partial charge < -0.3 is 24.9 Å². The summed E-state index contributed by atoms with van der Waals surface area (Å²) < 4.78 is 118. The normalized spacial score (nSPS) is 16.7. The highest BCUT2D eigenvalue weighted by Gasteiger charge is 2.55. The lowest BCUT2D eigenvalue weighted by molar-refractivity contribution is -0.308. The molecule has 0 aliphatic carbocycles. The third-order valence-corrected chi connectivity index (χ3v) is 7.87. The van der Waals surface area contributed by atoms with E-state index in [1.54, 1.807) is 24.3 Å². The summed E-state index contributed by atoms with van der Waals surface area (Å²) in [5, 5.41) is 15.4. The molecule has 0 bridgehead atoms. The second-order valence-electron chi connectivity index (χ2n) is 10.6. The van der Waals surface area contributed by atoms with E-state index >= 15 is 4.39 Å². The van der Waals surface area contributed by atoms with Gasteiger partial charge in [-0.15, -0.1) is 22.6 Å². The molecule has 3 N–H and O–H groups in total. The van der Waals surface area contributed by atoms with Gasteiger partial charge in [-0.25, -0.2) is 12.8 Å². The van der Waals surface area contributed by atoms with Crippen LogP contribution in [-0.4, -0.2) is 67.0 Å². The molecule has 1 aliphatic heterocycles. The molecule has 250 valence electrons. The van der Waals surface area contributed by atoms with Crippen molar-refractivity contribution in [1.29, 1.82) is 0 Å². The van der Waals surface area contributed by atoms with Crippen LogP contribution in [0.25, 0.3) is 11.5 Å². The number of carbonyl (C=O) groups is 1. The third-order valence-electron chi connectivity index (χ3n) is 6.07. The van der Waals surface area contributed by atoms with Crippen LogP contribution in [0.1, 0.15) is 32.2 Å². The van der Waals surface area contributed by atoms with Crippen molar-refractivity contribution in [2.75, 3.05) is 17.8 Å². The number of fused-ring (bicyclic) bond motifs is 1. The highest BCUT2D eigenvalue weighted by molar-refractivity contribution is 7.91. The molecule has 10 nitrogen and oxygen atoms in total. The zero-order chi connectivity index (χ0) is 33.4. The number of aliphatic hydroxyl groups excluding tert-OH is 1. The lowest BCUT2D eigenvalue weighted by Crippen LogP contribution is -2.45. The predicted molar refractivity (Wildman–Crippen MR) is 148 cm³/mol. The van der Waals surface area contributed by atoms with Crippen molar-refractivity contribution < 1.29 is 58.2 Å². The SMILES string of the molecule is COc1ccc(CN2C(=O)[C@@H](N)CS(=O)(=O)c3cc(F)c(-c4nnc(C(C)(C)C)o4)cc32)cc1.Cl.OC(C(F)(F)F)C(F)(F)F. The van der Waals surface area contributed by atoms with E-state index in [1.807, 2.05) is 20.8 Å². The van der Waals surface area contributed by atoms with Gasteiger partial charge in [0.15, 0.2) is 9.84 Å². The summed E-state index contributed by atoms with van der Waals surface area (Å²) in [7, 11) is -2.52. The molecule has 1 atom stereocenters. The number of nitrogens with two attached hydrogens (primary N) is 1. The van der Waals surface area contributed by atoms with E-state index < -0.39 is 57.2 Å². The summed E-state index contributed by atoms with van der Waals surface area (Å²) in [6.45, 7) is 5.60. The second kappa shape index (κ2) is 13.5. The number of methoxy groups -OCH3 is 1. The van der Waals surface area contributed by atoms with Gasteiger partial charge in [-0.1, -0.05) is 32.9 Å². The summed E-state index contributed by atoms with van der Waals surface area (Å²) >= 11 is 0. The second-order valence-corrected chi connectivity index (χ2v) is 12.6. The van der Waals surface area contributed by atoms with E-state index in [4.69, 9.17) is 20.0 Å². The van der Waals surface area contributed by atoms with Crippen molar-refractivity contribution >= 4 is 33.8 Å². The average Bonchev–Trinajstić information content (AvgIpc) is 3.39. The summed E-state index contributed by atoms with van der Waals surface area (Å²) in [4.78, 5) is 14.1. The number of aromatic nitrogens is 2. The Morgan fingerprint density at radius 1 is 1.07 bits per heavy atom. The molecule has 2 aromatic carbocycles. The first-order valence-electron chi connectivity index (χ1n) is 12.5. The molecule has 1 aromatic heterocycles. The van der Waals surface area contributed by atoms with Gasteiger partial charge in [0.2, 0.25) is 17.9 Å². The first kappa shape index (κ1) is 37.7. The number of anilines is 1. The third kappa shape index (κ3) is 8.83. The summed E-state index contributed by atoms with van der Waals surface area (Å²) in [6.07, 6.45) is -15.5. The van der Waals surface area contributed by atoms with Crippen LogP contribution in [0, 0.1) is 5.82 Å². The molecule has 19 heteroatoms. The summed E-state index contributed by atoms with van der Waals surface area (Å²) in [5.74, 6) is -1.30. The Balaban J connectivity index is 0.000000555. The number of nitrogens with zero attached hydrogens (tertiary/aromatic N) is 3. The number of hydrogen-bond donors (Lipinski definition) is 2. The fraction of sp³-hybridized carbons (Fsp3) is 0.423. The number of sulfone groups is 1. The van der Waals surface area contributed by atoms with E-state index in [1.165, 1.54) is 18.1 Å². The molecular formula is C26H28ClF7N4O6S. The lowest BCUT2D eigenvalue weighted by atomic mass is 9.97. The van der Waals surface area contributed by atoms with E-state index in [-0.39, 0.29) is 46.9 Å². The van der Waals surface area contributed by atoms with Gasteiger partial charge in [0.25, 0.3) is 5.89 Å². The molecule has 3 aromatic rings. The molecule has 4 rings (SSSR count). The zero-order valence-corrected chi connectivity index (χ0v) is 25.5. The standard InChI is InChI=1S/C23H25FN4O5S.C3H2F6O.ClH/c1-23(2,3)22-27-26-20(33-22)15-9-18-19(10-16(15)24)34(30,31)12-17(25)21(29)28(18)11-13-5-7-14(32-4)8-6-13;4-2(5,6)1(10)3(7,8)9;/h5-10,17H,11-12,25H2,1-4H3;1,10H;1H/t17-;;/m0../s1. The number of ether oxygens (including phenoxy) is 1. The Morgan fingerprint density at radius 3 is 2.07 bits per heavy atom. The molecule has 0 saturated carbocycles. The summed E-state index contributed by atoms with van der Waals surface area (Å²) in [5.41, 5.74) is 6.05. The number of alkyl halides is 6. The number of rotatable bonds is 4. The van der Waals surface area contributed by atoms with Crippen LogP contribution in [0.3, 0.4) is 0 Å². The maximum absolute atomic E-state index is 15.1. The molecule has 45 heavy (non-hydrogen) atoms. The topological polar surface area (TPSA) is 149 Å². The van der Waals surface area contributed by atoms with Crippen molar-refractivity contribution in [2.45, 2.75) is 62.1 Å². The van der Waals surface area contributed by atoms with E-state index in [0.29, 0.717) is 11.3 Å². The molecule has 0 unspecified atom stereocenters. The monoisotopic (exact) mass is 692 g/mol. The van der Waals surface area contributed by atoms with Crippen LogP contribution in [0.5, 0.6) is 5.75 Å². The molecule has 1 amide bonds. The van der Waals surface area contributed by atoms with Gasteiger partial charge in [0.1, 0.15) is 11.6 Å². The minimum atomic E-state index is -5.63. The smallest absolute Gasteiger partial charge is 0.423 e. The van der Waals surface area contributed by atoms with Gasteiger partial charge in [-0.2, -0.15) is 26.3 Å². The quantitative estimate of drug-likeness (QED) is 0.371. The number of benzene rings is 2. The van der Waals surface area contributed by atoms with E-state index in [2.05, 4.69) is 10.2 Å². The van der Waals surface area contributed by atoms with Crippen molar-refractivity contribution in [3.8, 4) is 17.2 Å². The van der Waals surface area contributed by atoms with Gasteiger partial charge in [0.05, 0.1) is 41.6 Å². The Morgan fingerprint density at radius 2 is 1.62 bits per heavy atom. The molecule has 0 radical (unpaired) electrons.